The molecule has 1 fully saturated rings. The average Bonchev–Trinajstić information content (AvgIpc) is 3.62. The monoisotopic (exact) mass is 757 g/mol. The molecular weight excluding hydrogens is 690 g/mol. The second-order valence-electron chi connectivity index (χ2n) is 16.5. The fourth-order valence-corrected chi connectivity index (χ4v) is 7.19. The summed E-state index contributed by atoms with van der Waals surface area (Å²) >= 11 is 0. The number of ketones is 1. The molecule has 11 heteroatoms. The smallest absolute Gasteiger partial charge is 0.243 e. The standard InChI is InChI=1S/C42H67N5O5.ClH/c1-7-8-21-44-39(50)20-19-32(29(2)3)24-37(48)35(23-31-17-13-10-14-18-31)46-41(52)36(26-34-27-43-28-45-34)47-40(51)33(25-38(49)42(4,5)6)22-30-15-11-9-12-16-30;/h9,11-12,15-16,27-29,31-33,35-37,48H,7-8,10,13-14,17-26H2,1-6H3,(H,43,45)(H,44,50)(H,46,52)(H,47,51);1H/t32-,33+,35-,36-,37-;/m0./s1. The zero-order chi connectivity index (χ0) is 38.1. The number of hydrogen-bond donors (Lipinski definition) is 5. The molecule has 2 aromatic rings. The van der Waals surface area contributed by atoms with Gasteiger partial charge in [0.15, 0.2) is 0 Å². The molecule has 53 heavy (non-hydrogen) atoms. The number of aliphatic hydroxyl groups excluding tert-OH is 1. The van der Waals surface area contributed by atoms with Crippen molar-refractivity contribution in [2.24, 2.45) is 29.1 Å². The highest BCUT2D eigenvalue weighted by Crippen LogP contribution is 2.31. The summed E-state index contributed by atoms with van der Waals surface area (Å²) in [4.78, 5) is 61.3. The van der Waals surface area contributed by atoms with Crippen LogP contribution in [0.5, 0.6) is 0 Å². The third-order valence-electron chi connectivity index (χ3n) is 10.8. The lowest BCUT2D eigenvalue weighted by Crippen LogP contribution is -2.55. The fourth-order valence-electron chi connectivity index (χ4n) is 7.19. The van der Waals surface area contributed by atoms with E-state index in [-0.39, 0.29) is 60.6 Å². The lowest BCUT2D eigenvalue weighted by atomic mass is 9.80. The van der Waals surface area contributed by atoms with Crippen molar-refractivity contribution in [2.45, 2.75) is 150 Å². The Balaban J connectivity index is 0.00000972. The van der Waals surface area contributed by atoms with Crippen LogP contribution in [0.3, 0.4) is 0 Å². The first-order valence-electron chi connectivity index (χ1n) is 19.9. The van der Waals surface area contributed by atoms with Crippen LogP contribution in [0.1, 0.15) is 130 Å². The molecule has 1 aliphatic rings. The van der Waals surface area contributed by atoms with Crippen molar-refractivity contribution in [3.05, 3.63) is 54.1 Å². The summed E-state index contributed by atoms with van der Waals surface area (Å²) in [6.07, 6.45) is 12.7. The van der Waals surface area contributed by atoms with Crippen LogP contribution in [-0.4, -0.2) is 63.3 Å². The van der Waals surface area contributed by atoms with Gasteiger partial charge in [-0.05, 0) is 55.4 Å². The molecule has 0 spiro atoms. The van der Waals surface area contributed by atoms with Gasteiger partial charge in [0.1, 0.15) is 11.8 Å². The maximum absolute atomic E-state index is 14.3. The maximum atomic E-state index is 14.3. The Labute approximate surface area is 324 Å². The molecule has 0 radical (unpaired) electrons. The summed E-state index contributed by atoms with van der Waals surface area (Å²) in [7, 11) is 0. The minimum absolute atomic E-state index is 0. The number of aromatic amines is 1. The van der Waals surface area contributed by atoms with E-state index in [1.165, 1.54) is 12.7 Å². The van der Waals surface area contributed by atoms with Gasteiger partial charge in [-0.15, -0.1) is 12.4 Å². The molecule has 1 heterocycles. The number of nitrogens with one attached hydrogen (secondary N) is 4. The van der Waals surface area contributed by atoms with Crippen LogP contribution in [0.15, 0.2) is 42.9 Å². The first-order chi connectivity index (χ1) is 24.8. The summed E-state index contributed by atoms with van der Waals surface area (Å²) in [6.45, 7) is 12.6. The number of benzene rings is 1. The predicted octanol–water partition coefficient (Wildman–Crippen LogP) is 6.90. The molecule has 10 nitrogen and oxygen atoms in total. The highest BCUT2D eigenvalue weighted by molar-refractivity contribution is 5.92. The van der Waals surface area contributed by atoms with E-state index < -0.39 is 29.5 Å². The van der Waals surface area contributed by atoms with E-state index in [4.69, 9.17) is 0 Å². The number of carbonyl (C=O) groups excluding carboxylic acids is 4. The number of nitrogens with zero attached hydrogens (tertiary/aromatic N) is 1. The Morgan fingerprint density at radius 1 is 0.981 bits per heavy atom. The highest BCUT2D eigenvalue weighted by atomic mass is 35.5. The van der Waals surface area contributed by atoms with Crippen LogP contribution < -0.4 is 16.0 Å². The second kappa shape index (κ2) is 23.5. The number of hydrogen-bond acceptors (Lipinski definition) is 6. The van der Waals surface area contributed by atoms with Gasteiger partial charge in [-0.25, -0.2) is 4.98 Å². The predicted molar refractivity (Wildman–Crippen MR) is 213 cm³/mol. The van der Waals surface area contributed by atoms with Gasteiger partial charge in [0.2, 0.25) is 17.7 Å². The number of carbonyl (C=O) groups is 4. The summed E-state index contributed by atoms with van der Waals surface area (Å²) in [5.41, 5.74) is 1.01. The molecule has 0 aliphatic heterocycles. The van der Waals surface area contributed by atoms with Gasteiger partial charge in [-0.2, -0.15) is 0 Å². The normalized spacial score (nSPS) is 16.5. The molecular formula is C42H68ClN5O5. The van der Waals surface area contributed by atoms with Crippen LogP contribution >= 0.6 is 12.4 Å². The number of halogens is 1. The Bertz CT molecular complexity index is 1360. The largest absolute Gasteiger partial charge is 0.391 e. The number of amides is 3. The first-order valence-corrected chi connectivity index (χ1v) is 19.9. The zero-order valence-electron chi connectivity index (χ0n) is 33.1. The summed E-state index contributed by atoms with van der Waals surface area (Å²) in [5, 5.41) is 21.0. The maximum Gasteiger partial charge on any atom is 0.243 e. The molecule has 0 saturated heterocycles. The Hall–Kier alpha value is -3.24. The number of rotatable bonds is 22. The topological polar surface area (TPSA) is 153 Å². The van der Waals surface area contributed by atoms with E-state index >= 15 is 0 Å². The fraction of sp³-hybridized carbons (Fsp3) is 0.690. The summed E-state index contributed by atoms with van der Waals surface area (Å²) in [5.74, 6) is -0.663. The molecule has 1 aliphatic carbocycles. The highest BCUT2D eigenvalue weighted by Gasteiger charge is 2.34. The molecule has 3 rings (SSSR count). The van der Waals surface area contributed by atoms with Gasteiger partial charge in [-0.1, -0.05) is 110 Å². The Kier molecular flexibility index (Phi) is 20.4. The number of unbranched alkanes of at least 4 members (excludes halogenated alkanes) is 1. The minimum atomic E-state index is -0.954. The molecule has 1 aromatic carbocycles. The van der Waals surface area contributed by atoms with Gasteiger partial charge < -0.3 is 26.0 Å². The zero-order valence-corrected chi connectivity index (χ0v) is 33.9. The van der Waals surface area contributed by atoms with Crippen LogP contribution in [0.25, 0.3) is 0 Å². The third kappa shape index (κ3) is 16.8. The molecule has 1 saturated carbocycles. The van der Waals surface area contributed by atoms with E-state index in [0.29, 0.717) is 50.3 Å². The van der Waals surface area contributed by atoms with Gasteiger partial charge in [0, 0.05) is 49.0 Å². The van der Waals surface area contributed by atoms with Gasteiger partial charge in [0.25, 0.3) is 0 Å². The Morgan fingerprint density at radius 3 is 2.28 bits per heavy atom. The molecule has 0 bridgehead atoms. The van der Waals surface area contributed by atoms with Gasteiger partial charge in [0.05, 0.1) is 18.5 Å². The minimum Gasteiger partial charge on any atom is -0.391 e. The molecule has 5 atom stereocenters. The van der Waals surface area contributed by atoms with E-state index in [1.807, 2.05) is 51.1 Å². The van der Waals surface area contributed by atoms with E-state index in [0.717, 1.165) is 44.1 Å². The van der Waals surface area contributed by atoms with Crippen molar-refractivity contribution in [1.29, 1.82) is 0 Å². The SMILES string of the molecule is CCCCNC(=O)CC[C@@H](C[C@H](O)[C@H](CC1CCCCC1)NC(=O)[C@H](Cc1cnc[nH]1)NC(=O)[C@@H](CC(=O)C(C)(C)C)Cc1ccccc1)C(C)C.Cl. The average molecular weight is 758 g/mol. The van der Waals surface area contributed by atoms with Crippen LogP contribution in [-0.2, 0) is 32.0 Å². The van der Waals surface area contributed by atoms with Crippen molar-refractivity contribution >= 4 is 35.9 Å². The number of H-pyrrole nitrogens is 1. The van der Waals surface area contributed by atoms with E-state index in [9.17, 15) is 24.3 Å². The summed E-state index contributed by atoms with van der Waals surface area (Å²) in [6, 6.07) is 8.15. The molecule has 0 unspecified atom stereocenters. The second-order valence-corrected chi connectivity index (χ2v) is 16.5. The third-order valence-corrected chi connectivity index (χ3v) is 10.8. The Morgan fingerprint density at radius 2 is 1.68 bits per heavy atom. The van der Waals surface area contributed by atoms with Crippen molar-refractivity contribution in [3.8, 4) is 0 Å². The first kappa shape index (κ1) is 45.9. The quantitative estimate of drug-likeness (QED) is 0.0825. The molecule has 3 amide bonds. The van der Waals surface area contributed by atoms with Crippen molar-refractivity contribution < 1.29 is 24.3 Å². The van der Waals surface area contributed by atoms with Crippen molar-refractivity contribution in [1.82, 2.24) is 25.9 Å². The van der Waals surface area contributed by atoms with Crippen LogP contribution in [0.4, 0.5) is 0 Å². The van der Waals surface area contributed by atoms with Gasteiger partial charge >= 0.3 is 0 Å². The molecule has 1 aromatic heterocycles. The van der Waals surface area contributed by atoms with Gasteiger partial charge in [-0.3, -0.25) is 19.2 Å². The lowest BCUT2D eigenvalue weighted by molar-refractivity contribution is -0.135. The molecule has 298 valence electrons. The number of aromatic nitrogens is 2. The van der Waals surface area contributed by atoms with Crippen LogP contribution in [0, 0.1) is 29.1 Å². The van der Waals surface area contributed by atoms with E-state index in [1.54, 1.807) is 6.20 Å². The number of imidazole rings is 1. The number of Topliss-reactive ketones (excluding diaryl/α,β-unsaturated/α-hetero) is 1. The summed E-state index contributed by atoms with van der Waals surface area (Å²) < 4.78 is 0. The number of aliphatic hydroxyl groups is 1. The lowest BCUT2D eigenvalue weighted by Gasteiger charge is -2.34. The van der Waals surface area contributed by atoms with Crippen molar-refractivity contribution in [3.63, 3.8) is 0 Å². The van der Waals surface area contributed by atoms with E-state index in [2.05, 4.69) is 46.7 Å². The van der Waals surface area contributed by atoms with Crippen LogP contribution in [0.2, 0.25) is 0 Å². The van der Waals surface area contributed by atoms with Crippen molar-refractivity contribution in [2.75, 3.05) is 6.54 Å². The molecule has 5 N–H and O–H groups in total.